The van der Waals surface area contributed by atoms with Gasteiger partial charge in [0.2, 0.25) is 5.91 Å². The number of carbonyl (C=O) groups is 1. The lowest BCUT2D eigenvalue weighted by Gasteiger charge is -2.27. The molecule has 0 bridgehead atoms. The van der Waals surface area contributed by atoms with Crippen LogP contribution in [0.25, 0.3) is 5.57 Å². The van der Waals surface area contributed by atoms with Crippen LogP contribution in [-0.2, 0) is 4.79 Å². The third-order valence-electron chi connectivity index (χ3n) is 3.48. The number of nitrogens with zero attached hydrogens (tertiary/aromatic N) is 1. The van der Waals surface area contributed by atoms with Crippen LogP contribution in [-0.4, -0.2) is 35.1 Å². The summed E-state index contributed by atoms with van der Waals surface area (Å²) in [5.41, 5.74) is 2.57. The molecule has 102 valence electrons. The summed E-state index contributed by atoms with van der Waals surface area (Å²) in [5.74, 6) is 0.143. The highest BCUT2D eigenvalue weighted by atomic mass is 16.3. The molecule has 3 nitrogen and oxygen atoms in total. The second-order valence-electron chi connectivity index (χ2n) is 5.07. The zero-order chi connectivity index (χ0) is 13.7. The van der Waals surface area contributed by atoms with E-state index in [1.807, 2.05) is 23.1 Å². The van der Waals surface area contributed by atoms with Gasteiger partial charge in [0.25, 0.3) is 0 Å². The summed E-state index contributed by atoms with van der Waals surface area (Å²) in [6.45, 7) is 3.18. The van der Waals surface area contributed by atoms with Gasteiger partial charge in [-0.3, -0.25) is 4.79 Å². The highest BCUT2D eigenvalue weighted by molar-refractivity contribution is 5.78. The van der Waals surface area contributed by atoms with E-state index in [1.165, 1.54) is 11.1 Å². The van der Waals surface area contributed by atoms with E-state index in [9.17, 15) is 9.90 Å². The van der Waals surface area contributed by atoms with Crippen LogP contribution in [0.2, 0.25) is 0 Å². The van der Waals surface area contributed by atoms with Crippen LogP contribution in [0.1, 0.15) is 31.7 Å². The molecule has 1 unspecified atom stereocenters. The van der Waals surface area contributed by atoms with Gasteiger partial charge in [0, 0.05) is 19.5 Å². The largest absolute Gasteiger partial charge is 0.393 e. The molecule has 1 aliphatic heterocycles. The molecular weight excluding hydrogens is 238 g/mol. The number of hydrogen-bond donors (Lipinski definition) is 1. The van der Waals surface area contributed by atoms with E-state index in [1.54, 1.807) is 6.92 Å². The summed E-state index contributed by atoms with van der Waals surface area (Å²) in [6.07, 6.45) is 3.63. The Labute approximate surface area is 114 Å². The lowest BCUT2D eigenvalue weighted by atomic mass is 9.99. The third kappa shape index (κ3) is 3.93. The molecule has 0 radical (unpaired) electrons. The molecule has 0 saturated carbocycles. The van der Waals surface area contributed by atoms with Gasteiger partial charge in [0.15, 0.2) is 0 Å². The molecule has 0 aliphatic carbocycles. The van der Waals surface area contributed by atoms with Crippen molar-refractivity contribution < 1.29 is 9.90 Å². The Kier molecular flexibility index (Phi) is 4.74. The Hall–Kier alpha value is -1.61. The molecule has 1 atom stereocenters. The molecule has 2 rings (SSSR count). The molecule has 1 aromatic carbocycles. The maximum Gasteiger partial charge on any atom is 0.222 e. The molecule has 0 fully saturated rings. The quantitative estimate of drug-likeness (QED) is 0.902. The number of aliphatic hydroxyl groups is 1. The Balaban J connectivity index is 1.91. The summed E-state index contributed by atoms with van der Waals surface area (Å²) in [6, 6.07) is 10.3. The van der Waals surface area contributed by atoms with Gasteiger partial charge in [0.05, 0.1) is 6.10 Å². The highest BCUT2D eigenvalue weighted by Crippen LogP contribution is 2.22. The van der Waals surface area contributed by atoms with Gasteiger partial charge < -0.3 is 10.0 Å². The molecule has 1 aliphatic rings. The summed E-state index contributed by atoms with van der Waals surface area (Å²) >= 11 is 0. The maximum atomic E-state index is 11.9. The number of rotatable bonds is 4. The zero-order valence-electron chi connectivity index (χ0n) is 11.4. The van der Waals surface area contributed by atoms with Gasteiger partial charge in [-0.15, -0.1) is 0 Å². The van der Waals surface area contributed by atoms with Crippen LogP contribution in [0.3, 0.4) is 0 Å². The topological polar surface area (TPSA) is 40.5 Å². The van der Waals surface area contributed by atoms with Crippen LogP contribution in [0, 0.1) is 0 Å². The van der Waals surface area contributed by atoms with Crippen molar-refractivity contribution in [1.82, 2.24) is 4.90 Å². The van der Waals surface area contributed by atoms with Crippen molar-refractivity contribution in [1.29, 1.82) is 0 Å². The van der Waals surface area contributed by atoms with Crippen molar-refractivity contribution in [2.45, 2.75) is 32.3 Å². The van der Waals surface area contributed by atoms with Gasteiger partial charge in [0.1, 0.15) is 0 Å². The van der Waals surface area contributed by atoms with Crippen LogP contribution < -0.4 is 0 Å². The minimum absolute atomic E-state index is 0.143. The predicted octanol–water partition coefficient (Wildman–Crippen LogP) is 2.46. The summed E-state index contributed by atoms with van der Waals surface area (Å²) < 4.78 is 0. The van der Waals surface area contributed by atoms with Crippen molar-refractivity contribution in [3.63, 3.8) is 0 Å². The second kappa shape index (κ2) is 6.53. The lowest BCUT2D eigenvalue weighted by Crippen LogP contribution is -2.34. The fraction of sp³-hybridized carbons (Fsp3) is 0.438. The molecule has 0 aromatic heterocycles. The van der Waals surface area contributed by atoms with Crippen molar-refractivity contribution in [3.05, 3.63) is 42.0 Å². The van der Waals surface area contributed by atoms with Gasteiger partial charge in [-0.1, -0.05) is 36.4 Å². The normalized spacial score (nSPS) is 16.9. The van der Waals surface area contributed by atoms with E-state index in [2.05, 4.69) is 18.2 Å². The number of hydrogen-bond acceptors (Lipinski definition) is 2. The van der Waals surface area contributed by atoms with Gasteiger partial charge in [-0.05, 0) is 30.9 Å². The summed E-state index contributed by atoms with van der Waals surface area (Å²) in [7, 11) is 0. The van der Waals surface area contributed by atoms with E-state index < -0.39 is 6.10 Å². The Morgan fingerprint density at radius 2 is 2.11 bits per heavy atom. The Morgan fingerprint density at radius 1 is 1.37 bits per heavy atom. The van der Waals surface area contributed by atoms with Crippen molar-refractivity contribution in [2.75, 3.05) is 13.1 Å². The fourth-order valence-electron chi connectivity index (χ4n) is 2.30. The first-order valence-corrected chi connectivity index (χ1v) is 6.87. The van der Waals surface area contributed by atoms with Crippen molar-refractivity contribution >= 4 is 11.5 Å². The van der Waals surface area contributed by atoms with Gasteiger partial charge >= 0.3 is 0 Å². The van der Waals surface area contributed by atoms with Gasteiger partial charge in [-0.25, -0.2) is 0 Å². The minimum atomic E-state index is -0.399. The molecular formula is C16H21NO2. The zero-order valence-corrected chi connectivity index (χ0v) is 11.4. The summed E-state index contributed by atoms with van der Waals surface area (Å²) in [4.78, 5) is 13.8. The van der Waals surface area contributed by atoms with Crippen LogP contribution >= 0.6 is 0 Å². The van der Waals surface area contributed by atoms with E-state index in [4.69, 9.17) is 0 Å². The molecule has 0 spiro atoms. The van der Waals surface area contributed by atoms with Crippen LogP contribution in [0.4, 0.5) is 0 Å². The average molecular weight is 259 g/mol. The van der Waals surface area contributed by atoms with Crippen molar-refractivity contribution in [2.24, 2.45) is 0 Å². The van der Waals surface area contributed by atoms with Crippen LogP contribution in [0.15, 0.2) is 36.4 Å². The number of aliphatic hydroxyl groups excluding tert-OH is 1. The Bertz CT molecular complexity index is 451. The average Bonchev–Trinajstić information content (AvgIpc) is 2.46. The van der Waals surface area contributed by atoms with E-state index in [0.29, 0.717) is 19.4 Å². The first-order chi connectivity index (χ1) is 9.16. The minimum Gasteiger partial charge on any atom is -0.393 e. The first-order valence-electron chi connectivity index (χ1n) is 6.87. The monoisotopic (exact) mass is 259 g/mol. The summed E-state index contributed by atoms with van der Waals surface area (Å²) in [5, 5.41) is 9.21. The number of carbonyl (C=O) groups excluding carboxylic acids is 1. The molecule has 19 heavy (non-hydrogen) atoms. The fourth-order valence-corrected chi connectivity index (χ4v) is 2.30. The third-order valence-corrected chi connectivity index (χ3v) is 3.48. The van der Waals surface area contributed by atoms with Crippen LogP contribution in [0.5, 0.6) is 0 Å². The molecule has 1 heterocycles. The molecule has 1 N–H and O–H groups in total. The van der Waals surface area contributed by atoms with E-state index >= 15 is 0 Å². The SMILES string of the molecule is CC(O)CCC(=O)N1CC=C(c2ccccc2)CC1. The smallest absolute Gasteiger partial charge is 0.222 e. The molecule has 3 heteroatoms. The maximum absolute atomic E-state index is 11.9. The van der Waals surface area contributed by atoms with Gasteiger partial charge in [-0.2, -0.15) is 0 Å². The number of amides is 1. The predicted molar refractivity (Wildman–Crippen MR) is 76.5 cm³/mol. The standard InChI is InChI=1S/C16H21NO2/c1-13(18)7-8-16(19)17-11-9-15(10-12-17)14-5-3-2-4-6-14/h2-6,9,13,18H,7-8,10-12H2,1H3. The number of benzene rings is 1. The first kappa shape index (κ1) is 13.8. The molecule has 0 saturated heterocycles. The van der Waals surface area contributed by atoms with E-state index in [-0.39, 0.29) is 5.91 Å². The highest BCUT2D eigenvalue weighted by Gasteiger charge is 2.17. The molecule has 1 amide bonds. The second-order valence-corrected chi connectivity index (χ2v) is 5.07. The molecule has 1 aromatic rings. The Morgan fingerprint density at radius 3 is 2.68 bits per heavy atom. The van der Waals surface area contributed by atoms with E-state index in [0.717, 1.165) is 13.0 Å². The van der Waals surface area contributed by atoms with Crippen molar-refractivity contribution in [3.8, 4) is 0 Å². The lowest BCUT2D eigenvalue weighted by molar-refractivity contribution is -0.131.